The number of anilines is 1. The van der Waals surface area contributed by atoms with Gasteiger partial charge in [0.15, 0.2) is 16.1 Å². The molecule has 11 heteroatoms. The van der Waals surface area contributed by atoms with Crippen LogP contribution in [0.15, 0.2) is 53.0 Å². The van der Waals surface area contributed by atoms with Crippen LogP contribution in [0.25, 0.3) is 22.6 Å². The molecule has 0 aliphatic carbocycles. The number of halogens is 3. The minimum absolute atomic E-state index is 0.172. The van der Waals surface area contributed by atoms with Crippen LogP contribution in [-0.4, -0.2) is 31.4 Å². The van der Waals surface area contributed by atoms with Gasteiger partial charge >= 0.3 is 0 Å². The highest BCUT2D eigenvalue weighted by molar-refractivity contribution is 7.99. The van der Waals surface area contributed by atoms with Crippen LogP contribution < -0.4 is 5.32 Å². The van der Waals surface area contributed by atoms with E-state index in [0.29, 0.717) is 37.7 Å². The van der Waals surface area contributed by atoms with Crippen molar-refractivity contribution in [3.8, 4) is 22.6 Å². The van der Waals surface area contributed by atoms with Gasteiger partial charge in [0, 0.05) is 28.1 Å². The summed E-state index contributed by atoms with van der Waals surface area (Å²) in [6.07, 6.45) is 0. The number of amides is 1. The number of benzene rings is 2. The number of rotatable bonds is 7. The molecule has 1 amide bonds. The fourth-order valence-corrected chi connectivity index (χ4v) is 4.86. The molecule has 0 spiro atoms. The monoisotopic (exact) mass is 523 g/mol. The van der Waals surface area contributed by atoms with Crippen LogP contribution >= 0.6 is 57.9 Å². The molecule has 0 aliphatic heterocycles. The van der Waals surface area contributed by atoms with E-state index in [1.165, 1.54) is 23.1 Å². The van der Waals surface area contributed by atoms with Gasteiger partial charge in [-0.2, -0.15) is 0 Å². The first-order valence-corrected chi connectivity index (χ1v) is 12.5. The second-order valence-electron chi connectivity index (χ2n) is 6.56. The maximum absolute atomic E-state index is 12.5. The fourth-order valence-electron chi connectivity index (χ4n) is 2.90. The molecule has 0 atom stereocenters. The number of hydrogen-bond donors (Lipinski definition) is 1. The lowest BCUT2D eigenvalue weighted by Crippen LogP contribution is -2.14. The van der Waals surface area contributed by atoms with Crippen molar-refractivity contribution in [3.63, 3.8) is 0 Å². The summed E-state index contributed by atoms with van der Waals surface area (Å²) in [4.78, 5) is 16.9. The molecular formula is C21H16Cl3N5OS2. The molecule has 0 saturated heterocycles. The maximum atomic E-state index is 12.5. The molecule has 164 valence electrons. The van der Waals surface area contributed by atoms with Crippen LogP contribution in [0.3, 0.4) is 0 Å². The third kappa shape index (κ3) is 5.27. The summed E-state index contributed by atoms with van der Waals surface area (Å²) in [5, 5.41) is 16.0. The van der Waals surface area contributed by atoms with Crippen molar-refractivity contribution >= 4 is 68.9 Å². The smallest absolute Gasteiger partial charge is 0.236 e. The van der Waals surface area contributed by atoms with Gasteiger partial charge in [0.2, 0.25) is 5.91 Å². The Bertz CT molecular complexity index is 1260. The summed E-state index contributed by atoms with van der Waals surface area (Å²) >= 11 is 20.7. The van der Waals surface area contributed by atoms with Crippen molar-refractivity contribution in [1.82, 2.24) is 19.7 Å². The lowest BCUT2D eigenvalue weighted by molar-refractivity contribution is -0.113. The fraction of sp³-hybridized carbons (Fsp3) is 0.143. The minimum Gasteiger partial charge on any atom is -0.302 e. The molecule has 4 rings (SSSR count). The van der Waals surface area contributed by atoms with Gasteiger partial charge in [0.25, 0.3) is 0 Å². The molecule has 2 heterocycles. The molecule has 0 saturated carbocycles. The molecular weight excluding hydrogens is 509 g/mol. The SMILES string of the molecule is CCn1c(SCC(=O)Nc2nc(-c3ccc(Cl)cc3)cs2)nnc1-c1ccc(Cl)c(Cl)c1. The highest BCUT2D eigenvalue weighted by Crippen LogP contribution is 2.30. The third-order valence-electron chi connectivity index (χ3n) is 4.43. The van der Waals surface area contributed by atoms with Crippen molar-refractivity contribution in [2.75, 3.05) is 11.1 Å². The first-order chi connectivity index (χ1) is 15.4. The number of aromatic nitrogens is 4. The van der Waals surface area contributed by atoms with E-state index in [-0.39, 0.29) is 11.7 Å². The molecule has 6 nitrogen and oxygen atoms in total. The van der Waals surface area contributed by atoms with Gasteiger partial charge in [-0.15, -0.1) is 21.5 Å². The Morgan fingerprint density at radius 3 is 2.53 bits per heavy atom. The zero-order valence-corrected chi connectivity index (χ0v) is 20.6. The first-order valence-electron chi connectivity index (χ1n) is 9.47. The van der Waals surface area contributed by atoms with E-state index in [9.17, 15) is 4.79 Å². The normalized spacial score (nSPS) is 11.0. The predicted octanol–water partition coefficient (Wildman–Crippen LogP) is 6.78. The first kappa shape index (κ1) is 23.1. The van der Waals surface area contributed by atoms with Crippen molar-refractivity contribution in [2.45, 2.75) is 18.6 Å². The average Bonchev–Trinajstić information content (AvgIpc) is 3.41. The number of carbonyl (C=O) groups is 1. The zero-order chi connectivity index (χ0) is 22.7. The number of hydrogen-bond acceptors (Lipinski definition) is 6. The van der Waals surface area contributed by atoms with E-state index in [1.807, 2.05) is 35.1 Å². The summed E-state index contributed by atoms with van der Waals surface area (Å²) in [6, 6.07) is 12.7. The van der Waals surface area contributed by atoms with Crippen LogP contribution in [-0.2, 0) is 11.3 Å². The summed E-state index contributed by atoms with van der Waals surface area (Å²) in [7, 11) is 0. The summed E-state index contributed by atoms with van der Waals surface area (Å²) in [6.45, 7) is 2.63. The number of nitrogens with one attached hydrogen (secondary N) is 1. The quantitative estimate of drug-likeness (QED) is 0.270. The van der Waals surface area contributed by atoms with E-state index in [1.54, 1.807) is 24.3 Å². The Morgan fingerprint density at radius 1 is 1.06 bits per heavy atom. The lowest BCUT2D eigenvalue weighted by atomic mass is 10.2. The topological polar surface area (TPSA) is 72.7 Å². The Balaban J connectivity index is 1.41. The van der Waals surface area contributed by atoms with Gasteiger partial charge in [0.1, 0.15) is 0 Å². The zero-order valence-electron chi connectivity index (χ0n) is 16.7. The van der Waals surface area contributed by atoms with Crippen LogP contribution in [0, 0.1) is 0 Å². The third-order valence-corrected chi connectivity index (χ3v) is 7.15. The van der Waals surface area contributed by atoms with E-state index in [0.717, 1.165) is 16.8 Å². The lowest BCUT2D eigenvalue weighted by Gasteiger charge is -2.08. The van der Waals surface area contributed by atoms with Gasteiger partial charge in [-0.1, -0.05) is 58.7 Å². The van der Waals surface area contributed by atoms with Gasteiger partial charge in [-0.3, -0.25) is 4.79 Å². The van der Waals surface area contributed by atoms with E-state index in [4.69, 9.17) is 34.8 Å². The molecule has 4 aromatic rings. The predicted molar refractivity (Wildman–Crippen MR) is 133 cm³/mol. The van der Waals surface area contributed by atoms with Gasteiger partial charge in [0.05, 0.1) is 21.5 Å². The maximum Gasteiger partial charge on any atom is 0.236 e. The van der Waals surface area contributed by atoms with Crippen LogP contribution in [0.4, 0.5) is 5.13 Å². The Morgan fingerprint density at radius 2 is 1.81 bits per heavy atom. The van der Waals surface area contributed by atoms with Crippen molar-refractivity contribution < 1.29 is 4.79 Å². The molecule has 0 bridgehead atoms. The molecule has 0 fully saturated rings. The van der Waals surface area contributed by atoms with Crippen LogP contribution in [0.1, 0.15) is 6.92 Å². The van der Waals surface area contributed by atoms with E-state index >= 15 is 0 Å². The second-order valence-corrected chi connectivity index (χ2v) is 9.61. The number of thiazole rings is 1. The van der Waals surface area contributed by atoms with Gasteiger partial charge < -0.3 is 9.88 Å². The van der Waals surface area contributed by atoms with Gasteiger partial charge in [-0.05, 0) is 37.3 Å². The summed E-state index contributed by atoms with van der Waals surface area (Å²) in [5.74, 6) is 0.672. The largest absolute Gasteiger partial charge is 0.302 e. The molecule has 2 aromatic heterocycles. The Kier molecular flexibility index (Phi) is 7.37. The highest BCUT2D eigenvalue weighted by atomic mass is 35.5. The second kappa shape index (κ2) is 10.2. The van der Waals surface area contributed by atoms with Crippen LogP contribution in [0.2, 0.25) is 15.1 Å². The highest BCUT2D eigenvalue weighted by Gasteiger charge is 2.16. The van der Waals surface area contributed by atoms with E-state index < -0.39 is 0 Å². The molecule has 32 heavy (non-hydrogen) atoms. The van der Waals surface area contributed by atoms with Crippen molar-refractivity contribution in [2.24, 2.45) is 0 Å². The Hall–Kier alpha value is -2.10. The van der Waals surface area contributed by atoms with E-state index in [2.05, 4.69) is 20.5 Å². The van der Waals surface area contributed by atoms with Gasteiger partial charge in [-0.25, -0.2) is 4.98 Å². The summed E-state index contributed by atoms with van der Waals surface area (Å²) < 4.78 is 1.93. The Labute approximate surface area is 207 Å². The molecule has 0 radical (unpaired) electrons. The number of carbonyl (C=O) groups excluding carboxylic acids is 1. The minimum atomic E-state index is -0.172. The molecule has 0 unspecified atom stereocenters. The summed E-state index contributed by atoms with van der Waals surface area (Å²) in [5.41, 5.74) is 2.53. The molecule has 1 N–H and O–H groups in total. The average molecular weight is 525 g/mol. The van der Waals surface area contributed by atoms with Crippen LogP contribution in [0.5, 0.6) is 0 Å². The standard InChI is InChI=1S/C21H16Cl3N5OS2/c1-2-29-19(13-5-8-15(23)16(24)9-13)27-28-21(29)32-11-18(30)26-20-25-17(10-31-20)12-3-6-14(22)7-4-12/h3-10H,2,11H2,1H3,(H,25,26,30). The van der Waals surface area contributed by atoms with Crippen molar-refractivity contribution in [3.05, 3.63) is 62.9 Å². The molecule has 2 aromatic carbocycles. The number of nitrogens with zero attached hydrogens (tertiary/aromatic N) is 4. The number of thioether (sulfide) groups is 1. The van der Waals surface area contributed by atoms with Crippen molar-refractivity contribution in [1.29, 1.82) is 0 Å². The molecule has 0 aliphatic rings.